The minimum atomic E-state index is -0.405. The van der Waals surface area contributed by atoms with Gasteiger partial charge in [-0.2, -0.15) is 0 Å². The van der Waals surface area contributed by atoms with Gasteiger partial charge in [-0.25, -0.2) is 4.98 Å². The molecule has 8 heteroatoms. The fraction of sp³-hybridized carbons (Fsp3) is 0.167. The molecule has 2 heterocycles. The van der Waals surface area contributed by atoms with E-state index >= 15 is 0 Å². The van der Waals surface area contributed by atoms with E-state index in [1.165, 1.54) is 0 Å². The predicted molar refractivity (Wildman–Crippen MR) is 121 cm³/mol. The van der Waals surface area contributed by atoms with Gasteiger partial charge in [0.25, 0.3) is 11.1 Å². The van der Waals surface area contributed by atoms with Crippen molar-refractivity contribution in [2.24, 2.45) is 0 Å². The number of Topliss-reactive ketones (excluding diaryl/α,β-unsaturated/α-hetero) is 1. The molecular formula is C24H20N2O5S. The maximum atomic E-state index is 12.6. The van der Waals surface area contributed by atoms with Crippen molar-refractivity contribution in [2.45, 2.75) is 19.8 Å². The Morgan fingerprint density at radius 3 is 2.47 bits per heavy atom. The molecule has 3 aromatic rings. The minimum Gasteiger partial charge on any atom is -0.497 e. The highest BCUT2D eigenvalue weighted by atomic mass is 32.2. The monoisotopic (exact) mass is 448 g/mol. The first-order valence-corrected chi connectivity index (χ1v) is 10.7. The van der Waals surface area contributed by atoms with Crippen LogP contribution in [0.5, 0.6) is 5.75 Å². The van der Waals surface area contributed by atoms with E-state index in [4.69, 9.17) is 9.15 Å². The van der Waals surface area contributed by atoms with E-state index in [0.29, 0.717) is 35.0 Å². The quantitative estimate of drug-likeness (QED) is 0.409. The summed E-state index contributed by atoms with van der Waals surface area (Å²) in [6.45, 7) is 1.84. The van der Waals surface area contributed by atoms with Crippen molar-refractivity contribution in [1.82, 2.24) is 10.3 Å². The first kappa shape index (κ1) is 21.6. The Balaban J connectivity index is 1.39. The van der Waals surface area contributed by atoms with Gasteiger partial charge in [-0.05, 0) is 54.6 Å². The molecule has 0 unspecified atom stereocenters. The number of methoxy groups -OCH3 is 1. The lowest BCUT2D eigenvalue weighted by Gasteiger charge is -2.02. The molecule has 0 aliphatic carbocycles. The molecule has 0 bridgehead atoms. The number of ether oxygens (including phenoxy) is 1. The average molecular weight is 449 g/mol. The second kappa shape index (κ2) is 9.23. The van der Waals surface area contributed by atoms with Gasteiger partial charge in [0.05, 0.1) is 17.7 Å². The number of hydrogen-bond donors (Lipinski definition) is 1. The predicted octanol–water partition coefficient (Wildman–Crippen LogP) is 4.80. The van der Waals surface area contributed by atoms with Crippen molar-refractivity contribution in [3.63, 3.8) is 0 Å². The Morgan fingerprint density at radius 2 is 1.84 bits per heavy atom. The summed E-state index contributed by atoms with van der Waals surface area (Å²) in [5.74, 6) is 1.53. The van der Waals surface area contributed by atoms with Crippen LogP contribution >= 0.6 is 11.8 Å². The van der Waals surface area contributed by atoms with Crippen molar-refractivity contribution < 1.29 is 23.5 Å². The van der Waals surface area contributed by atoms with Crippen LogP contribution in [0.25, 0.3) is 17.5 Å². The molecule has 7 nitrogen and oxygen atoms in total. The third-order valence-corrected chi connectivity index (χ3v) is 5.80. The van der Waals surface area contributed by atoms with Crippen LogP contribution in [0.15, 0.2) is 57.9 Å². The molecular weight excluding hydrogens is 428 g/mol. The van der Waals surface area contributed by atoms with Crippen molar-refractivity contribution in [3.05, 3.63) is 76.0 Å². The summed E-state index contributed by atoms with van der Waals surface area (Å²) in [4.78, 5) is 40.4. The standard InChI is InChI=1S/C24H20N2O5S/c1-14-19(25-23(31-14)17-7-9-18(30-2)10-8-17)11-12-20(27)16-5-3-15(4-6-16)13-21-22(28)26-24(29)32-21/h3-10,13H,11-12H2,1-2H3,(H,26,28,29)/b21-13+. The van der Waals surface area contributed by atoms with Gasteiger partial charge in [0.15, 0.2) is 5.78 Å². The smallest absolute Gasteiger partial charge is 0.290 e. The Kier molecular flexibility index (Phi) is 6.23. The van der Waals surface area contributed by atoms with Crippen molar-refractivity contribution >= 4 is 34.8 Å². The van der Waals surface area contributed by atoms with Crippen LogP contribution in [-0.2, 0) is 11.2 Å². The number of aromatic nitrogens is 1. The molecule has 0 radical (unpaired) electrons. The van der Waals surface area contributed by atoms with Gasteiger partial charge in [0.1, 0.15) is 11.5 Å². The molecule has 1 N–H and O–H groups in total. The minimum absolute atomic E-state index is 0.0132. The number of thioether (sulfide) groups is 1. The molecule has 0 saturated carbocycles. The second-order valence-electron chi connectivity index (χ2n) is 7.15. The van der Waals surface area contributed by atoms with Gasteiger partial charge in [0.2, 0.25) is 5.89 Å². The van der Waals surface area contributed by atoms with E-state index < -0.39 is 5.91 Å². The zero-order valence-electron chi connectivity index (χ0n) is 17.5. The van der Waals surface area contributed by atoms with E-state index in [-0.39, 0.29) is 11.0 Å². The average Bonchev–Trinajstić information content (AvgIpc) is 3.33. The number of amides is 2. The molecule has 1 aromatic heterocycles. The van der Waals surface area contributed by atoms with Gasteiger partial charge < -0.3 is 9.15 Å². The second-order valence-corrected chi connectivity index (χ2v) is 8.16. The topological polar surface area (TPSA) is 98.5 Å². The third-order valence-electron chi connectivity index (χ3n) is 4.99. The lowest BCUT2D eigenvalue weighted by Crippen LogP contribution is -2.17. The van der Waals surface area contributed by atoms with Crippen LogP contribution < -0.4 is 10.1 Å². The van der Waals surface area contributed by atoms with Gasteiger partial charge >= 0.3 is 0 Å². The van der Waals surface area contributed by atoms with Gasteiger partial charge in [-0.15, -0.1) is 0 Å². The molecule has 1 aliphatic rings. The Bertz CT molecular complexity index is 1210. The highest BCUT2D eigenvalue weighted by Gasteiger charge is 2.24. The number of carbonyl (C=O) groups is 3. The number of benzene rings is 2. The summed E-state index contributed by atoms with van der Waals surface area (Å²) < 4.78 is 10.9. The summed E-state index contributed by atoms with van der Waals surface area (Å²) in [5, 5.41) is 1.83. The van der Waals surface area contributed by atoms with Crippen molar-refractivity contribution in [2.75, 3.05) is 7.11 Å². The first-order valence-electron chi connectivity index (χ1n) is 9.92. The molecule has 2 aromatic carbocycles. The van der Waals surface area contributed by atoms with E-state index in [9.17, 15) is 14.4 Å². The highest BCUT2D eigenvalue weighted by molar-refractivity contribution is 8.18. The van der Waals surface area contributed by atoms with Crippen molar-refractivity contribution in [3.8, 4) is 17.2 Å². The maximum absolute atomic E-state index is 12.6. The van der Waals surface area contributed by atoms with Gasteiger partial charge in [-0.1, -0.05) is 24.3 Å². The maximum Gasteiger partial charge on any atom is 0.290 e. The van der Waals surface area contributed by atoms with Crippen LogP contribution in [0.1, 0.15) is 33.8 Å². The molecule has 1 saturated heterocycles. The number of oxazole rings is 1. The van der Waals surface area contributed by atoms with Crippen molar-refractivity contribution in [1.29, 1.82) is 0 Å². The molecule has 2 amide bonds. The summed E-state index contributed by atoms with van der Waals surface area (Å²) >= 11 is 0.861. The van der Waals surface area contributed by atoms with Gasteiger partial charge in [-0.3, -0.25) is 19.7 Å². The number of imide groups is 1. The van der Waals surface area contributed by atoms with Gasteiger partial charge in [0, 0.05) is 24.0 Å². The summed E-state index contributed by atoms with van der Waals surface area (Å²) in [6, 6.07) is 14.4. The zero-order valence-corrected chi connectivity index (χ0v) is 18.3. The number of nitrogens with one attached hydrogen (secondary N) is 1. The lowest BCUT2D eigenvalue weighted by molar-refractivity contribution is -0.115. The summed E-state index contributed by atoms with van der Waals surface area (Å²) in [5.41, 5.74) is 2.90. The molecule has 0 atom stereocenters. The Hall–Kier alpha value is -3.65. The first-order chi connectivity index (χ1) is 15.4. The SMILES string of the molecule is COc1ccc(-c2nc(CCC(=O)c3ccc(/C=C4/SC(=O)NC4=O)cc3)c(C)o2)cc1. The largest absolute Gasteiger partial charge is 0.497 e. The number of hydrogen-bond acceptors (Lipinski definition) is 7. The van der Waals surface area contributed by atoms with Crippen LogP contribution in [0.4, 0.5) is 4.79 Å². The molecule has 1 fully saturated rings. The zero-order chi connectivity index (χ0) is 22.7. The fourth-order valence-electron chi connectivity index (χ4n) is 3.23. The summed E-state index contributed by atoms with van der Waals surface area (Å²) in [7, 11) is 1.61. The third kappa shape index (κ3) is 4.81. The van der Waals surface area contributed by atoms with Crippen LogP contribution in [0, 0.1) is 6.92 Å². The Labute approximate surface area is 188 Å². The van der Waals surface area contributed by atoms with Crippen LogP contribution in [0.2, 0.25) is 0 Å². The summed E-state index contributed by atoms with van der Waals surface area (Å²) in [6.07, 6.45) is 2.39. The molecule has 1 aliphatic heterocycles. The van der Waals surface area contributed by atoms with E-state index in [0.717, 1.165) is 34.3 Å². The molecule has 162 valence electrons. The lowest BCUT2D eigenvalue weighted by atomic mass is 10.0. The van der Waals surface area contributed by atoms with Crippen LogP contribution in [0.3, 0.4) is 0 Å². The fourth-order valence-corrected chi connectivity index (χ4v) is 3.91. The highest BCUT2D eigenvalue weighted by Crippen LogP contribution is 2.26. The van der Waals surface area contributed by atoms with E-state index in [1.807, 2.05) is 31.2 Å². The van der Waals surface area contributed by atoms with E-state index in [2.05, 4.69) is 10.3 Å². The normalized spacial score (nSPS) is 14.6. The number of carbonyl (C=O) groups excluding carboxylic acids is 3. The number of aryl methyl sites for hydroxylation is 2. The Morgan fingerprint density at radius 1 is 1.12 bits per heavy atom. The van der Waals surface area contributed by atoms with E-state index in [1.54, 1.807) is 37.5 Å². The molecule has 4 rings (SSSR count). The molecule has 0 spiro atoms. The number of nitrogens with zero attached hydrogens (tertiary/aromatic N) is 1. The number of rotatable bonds is 7. The molecule has 32 heavy (non-hydrogen) atoms. The van der Waals surface area contributed by atoms with Crippen LogP contribution in [-0.4, -0.2) is 29.0 Å². The number of ketones is 1.